The third kappa shape index (κ3) is 5.42. The van der Waals surface area contributed by atoms with E-state index in [0.29, 0.717) is 28.3 Å². The Kier molecular flexibility index (Phi) is 6.56. The van der Waals surface area contributed by atoms with E-state index in [0.717, 1.165) is 15.5 Å². The van der Waals surface area contributed by atoms with Gasteiger partial charge in [-0.3, -0.25) is 4.79 Å². The molecule has 0 saturated heterocycles. The Labute approximate surface area is 179 Å². The van der Waals surface area contributed by atoms with E-state index in [1.807, 2.05) is 54.2 Å². The number of para-hydroxylation sites is 1. The summed E-state index contributed by atoms with van der Waals surface area (Å²) >= 11 is 3.49. The minimum atomic E-state index is -0.0893. The lowest BCUT2D eigenvalue weighted by molar-refractivity contribution is 0.102. The molecule has 1 aliphatic rings. The van der Waals surface area contributed by atoms with Gasteiger partial charge >= 0.3 is 0 Å². The van der Waals surface area contributed by atoms with Gasteiger partial charge in [0.05, 0.1) is 11.4 Å². The fourth-order valence-electron chi connectivity index (χ4n) is 3.30. The van der Waals surface area contributed by atoms with Gasteiger partial charge in [0.2, 0.25) is 5.89 Å². The number of aryl methyl sites for hydroxylation is 1. The van der Waals surface area contributed by atoms with E-state index in [2.05, 4.69) is 21.5 Å². The van der Waals surface area contributed by atoms with Crippen LogP contribution in [0.3, 0.4) is 0 Å². The first-order valence-corrected chi connectivity index (χ1v) is 11.6. The number of nitrogens with zero attached hydrogens (tertiary/aromatic N) is 2. The number of carbonyl (C=O) groups is 1. The third-order valence-corrected chi connectivity index (χ3v) is 7.19. The van der Waals surface area contributed by atoms with Crippen molar-refractivity contribution in [1.29, 1.82) is 0 Å². The molecule has 0 spiro atoms. The second-order valence-electron chi connectivity index (χ2n) is 7.02. The number of thioether (sulfide) groups is 2. The number of hydrogen-bond donors (Lipinski definition) is 1. The van der Waals surface area contributed by atoms with Gasteiger partial charge in [0, 0.05) is 20.6 Å². The second kappa shape index (κ2) is 9.50. The highest BCUT2D eigenvalue weighted by molar-refractivity contribution is 8.00. The van der Waals surface area contributed by atoms with Crippen molar-refractivity contribution in [2.75, 3.05) is 5.32 Å². The van der Waals surface area contributed by atoms with E-state index in [9.17, 15) is 4.79 Å². The first-order chi connectivity index (χ1) is 14.2. The van der Waals surface area contributed by atoms with Crippen LogP contribution in [0.5, 0.6) is 0 Å². The summed E-state index contributed by atoms with van der Waals surface area (Å²) in [5.41, 5.74) is 1.53. The summed E-state index contributed by atoms with van der Waals surface area (Å²) in [7, 11) is 0. The highest BCUT2D eigenvalue weighted by Crippen LogP contribution is 2.38. The van der Waals surface area contributed by atoms with Crippen LogP contribution in [0.15, 0.2) is 62.8 Å². The molecule has 4 rings (SSSR count). The van der Waals surface area contributed by atoms with Crippen LogP contribution >= 0.6 is 23.5 Å². The number of anilines is 1. The molecule has 1 heterocycles. The van der Waals surface area contributed by atoms with Gasteiger partial charge in [-0.1, -0.05) is 30.1 Å². The van der Waals surface area contributed by atoms with Gasteiger partial charge in [-0.05, 0) is 56.2 Å². The average molecular weight is 426 g/mol. The maximum absolute atomic E-state index is 12.7. The van der Waals surface area contributed by atoms with Crippen molar-refractivity contribution < 1.29 is 9.32 Å². The van der Waals surface area contributed by atoms with Gasteiger partial charge in [0.25, 0.3) is 5.91 Å². The lowest BCUT2D eigenvalue weighted by Crippen LogP contribution is -2.12. The first-order valence-electron chi connectivity index (χ1n) is 9.76. The number of amides is 1. The zero-order valence-corrected chi connectivity index (χ0v) is 17.9. The number of benzene rings is 2. The maximum atomic E-state index is 12.7. The molecule has 1 aromatic heterocycles. The largest absolute Gasteiger partial charge is 0.338 e. The molecule has 5 nitrogen and oxygen atoms in total. The van der Waals surface area contributed by atoms with Crippen molar-refractivity contribution in [2.24, 2.45) is 0 Å². The molecule has 0 atom stereocenters. The highest BCUT2D eigenvalue weighted by atomic mass is 32.2. The van der Waals surface area contributed by atoms with Crippen LogP contribution in [0, 0.1) is 6.92 Å². The quantitative estimate of drug-likeness (QED) is 0.471. The van der Waals surface area contributed by atoms with Gasteiger partial charge in [0.1, 0.15) is 0 Å². The molecule has 1 fully saturated rings. The Balaban J connectivity index is 1.37. The summed E-state index contributed by atoms with van der Waals surface area (Å²) in [5, 5.41) is 7.53. The fourth-order valence-corrected chi connectivity index (χ4v) is 5.37. The standard InChI is InChI=1S/C22H23N3O2S2/c1-15-23-21(27-25-15)14-28-17-12-10-16(11-13-17)22(26)24-19-8-4-5-9-20(19)29-18-6-2-3-7-18/h4-5,8-13,18H,2-3,6-7,14H2,1H3,(H,24,26). The molecule has 3 aromatic rings. The molecule has 150 valence electrons. The minimum Gasteiger partial charge on any atom is -0.338 e. The van der Waals surface area contributed by atoms with Crippen molar-refractivity contribution in [1.82, 2.24) is 10.1 Å². The topological polar surface area (TPSA) is 68.0 Å². The monoisotopic (exact) mass is 425 g/mol. The third-order valence-electron chi connectivity index (χ3n) is 4.78. The fraction of sp³-hybridized carbons (Fsp3) is 0.318. The number of hydrogen-bond acceptors (Lipinski definition) is 6. The minimum absolute atomic E-state index is 0.0893. The first kappa shape index (κ1) is 20.0. The van der Waals surface area contributed by atoms with Crippen LogP contribution in [0.2, 0.25) is 0 Å². The Bertz CT molecular complexity index is 966. The normalized spacial score (nSPS) is 14.2. The lowest BCUT2D eigenvalue weighted by atomic mass is 10.2. The summed E-state index contributed by atoms with van der Waals surface area (Å²) in [6.45, 7) is 1.80. The van der Waals surface area contributed by atoms with Crippen molar-refractivity contribution in [3.8, 4) is 0 Å². The summed E-state index contributed by atoms with van der Waals surface area (Å²) in [5.74, 6) is 1.76. The van der Waals surface area contributed by atoms with Gasteiger partial charge in [-0.2, -0.15) is 4.98 Å². The zero-order chi connectivity index (χ0) is 20.1. The number of nitrogens with one attached hydrogen (secondary N) is 1. The van der Waals surface area contributed by atoms with Crippen LogP contribution in [0.1, 0.15) is 47.8 Å². The van der Waals surface area contributed by atoms with Gasteiger partial charge in [-0.15, -0.1) is 23.5 Å². The molecule has 1 saturated carbocycles. The Morgan fingerprint density at radius 3 is 2.62 bits per heavy atom. The molecule has 0 radical (unpaired) electrons. The van der Waals surface area contributed by atoms with Crippen LogP contribution in [-0.4, -0.2) is 21.3 Å². The lowest BCUT2D eigenvalue weighted by Gasteiger charge is -2.14. The van der Waals surface area contributed by atoms with E-state index in [1.165, 1.54) is 25.7 Å². The average Bonchev–Trinajstić information content (AvgIpc) is 3.40. The predicted octanol–water partition coefficient (Wildman–Crippen LogP) is 5.96. The highest BCUT2D eigenvalue weighted by Gasteiger charge is 2.18. The molecule has 0 unspecified atom stereocenters. The Hall–Kier alpha value is -2.25. The molecule has 1 aliphatic carbocycles. The molecule has 29 heavy (non-hydrogen) atoms. The van der Waals surface area contributed by atoms with E-state index >= 15 is 0 Å². The molecule has 2 aromatic carbocycles. The molecule has 1 N–H and O–H groups in total. The van der Waals surface area contributed by atoms with Crippen molar-refractivity contribution in [3.05, 3.63) is 65.8 Å². The maximum Gasteiger partial charge on any atom is 0.255 e. The van der Waals surface area contributed by atoms with Gasteiger partial charge < -0.3 is 9.84 Å². The number of rotatable bonds is 7. The van der Waals surface area contributed by atoms with Crippen molar-refractivity contribution in [3.63, 3.8) is 0 Å². The van der Waals surface area contributed by atoms with Gasteiger partial charge in [-0.25, -0.2) is 0 Å². The SMILES string of the molecule is Cc1noc(CSc2ccc(C(=O)Nc3ccccc3SC3CCCC3)cc2)n1. The molecule has 0 bridgehead atoms. The Morgan fingerprint density at radius 2 is 1.90 bits per heavy atom. The van der Waals surface area contributed by atoms with Crippen LogP contribution < -0.4 is 5.32 Å². The molecular weight excluding hydrogens is 402 g/mol. The molecular formula is C22H23N3O2S2. The van der Waals surface area contributed by atoms with Crippen LogP contribution in [0.25, 0.3) is 0 Å². The van der Waals surface area contributed by atoms with Crippen molar-refractivity contribution >= 4 is 35.1 Å². The smallest absolute Gasteiger partial charge is 0.255 e. The zero-order valence-electron chi connectivity index (χ0n) is 16.3. The van der Waals surface area contributed by atoms with E-state index in [4.69, 9.17) is 4.52 Å². The number of carbonyl (C=O) groups excluding carboxylic acids is 1. The molecule has 7 heteroatoms. The Morgan fingerprint density at radius 1 is 1.14 bits per heavy atom. The van der Waals surface area contributed by atoms with E-state index in [1.54, 1.807) is 18.7 Å². The molecule has 1 amide bonds. The summed E-state index contributed by atoms with van der Waals surface area (Å²) in [6.07, 6.45) is 5.13. The van der Waals surface area contributed by atoms with Crippen LogP contribution in [-0.2, 0) is 5.75 Å². The van der Waals surface area contributed by atoms with E-state index in [-0.39, 0.29) is 5.91 Å². The summed E-state index contributed by atoms with van der Waals surface area (Å²) in [6, 6.07) is 15.7. The summed E-state index contributed by atoms with van der Waals surface area (Å²) in [4.78, 5) is 19.1. The second-order valence-corrected chi connectivity index (χ2v) is 9.41. The summed E-state index contributed by atoms with van der Waals surface area (Å²) < 4.78 is 5.12. The van der Waals surface area contributed by atoms with E-state index < -0.39 is 0 Å². The predicted molar refractivity (Wildman–Crippen MR) is 118 cm³/mol. The number of aromatic nitrogens is 2. The van der Waals surface area contributed by atoms with Gasteiger partial charge in [0.15, 0.2) is 5.82 Å². The van der Waals surface area contributed by atoms with Crippen molar-refractivity contribution in [2.45, 2.75) is 53.4 Å². The van der Waals surface area contributed by atoms with Crippen LogP contribution in [0.4, 0.5) is 5.69 Å². The molecule has 0 aliphatic heterocycles.